The fourth-order valence-corrected chi connectivity index (χ4v) is 4.46. The first-order valence-electron chi connectivity index (χ1n) is 9.68. The molecule has 30 heavy (non-hydrogen) atoms. The Hall–Kier alpha value is -2.96. The standard InChI is InChI=1S/C23H21ClN4OS/c1-17-6-4-9-20-22(17)26-23(30-20)28(14-5-13-27-15-12-25-16-27)21(29)11-10-18-7-2-3-8-19(18)24/h2-4,6-12,15-16H,5,13-14H2,1H3/b11-10+. The van der Waals surface area contributed by atoms with Crippen LogP contribution in [0, 0.1) is 6.92 Å². The number of aromatic nitrogens is 3. The van der Waals surface area contributed by atoms with Gasteiger partial charge < -0.3 is 4.57 Å². The van der Waals surface area contributed by atoms with Crippen molar-refractivity contribution in [1.82, 2.24) is 14.5 Å². The Morgan fingerprint density at radius 1 is 1.23 bits per heavy atom. The van der Waals surface area contributed by atoms with Crippen molar-refractivity contribution in [3.8, 4) is 0 Å². The maximum Gasteiger partial charge on any atom is 0.252 e. The average molecular weight is 437 g/mol. The minimum Gasteiger partial charge on any atom is -0.337 e. The van der Waals surface area contributed by atoms with Gasteiger partial charge in [0.15, 0.2) is 5.13 Å². The first kappa shape index (κ1) is 20.3. The zero-order valence-electron chi connectivity index (χ0n) is 16.5. The van der Waals surface area contributed by atoms with E-state index in [2.05, 4.69) is 4.98 Å². The fraction of sp³-hybridized carbons (Fsp3) is 0.174. The van der Waals surface area contributed by atoms with Crippen LogP contribution in [0.5, 0.6) is 0 Å². The van der Waals surface area contributed by atoms with Gasteiger partial charge in [-0.15, -0.1) is 0 Å². The van der Waals surface area contributed by atoms with E-state index in [0.717, 1.165) is 34.3 Å². The molecule has 0 aliphatic rings. The molecule has 1 amide bonds. The maximum absolute atomic E-state index is 13.1. The molecule has 0 radical (unpaired) electrons. The predicted molar refractivity (Wildman–Crippen MR) is 124 cm³/mol. The molecule has 0 saturated heterocycles. The van der Waals surface area contributed by atoms with Crippen LogP contribution >= 0.6 is 22.9 Å². The largest absolute Gasteiger partial charge is 0.337 e. The molecule has 7 heteroatoms. The molecule has 5 nitrogen and oxygen atoms in total. The number of hydrogen-bond donors (Lipinski definition) is 0. The van der Waals surface area contributed by atoms with Crippen LogP contribution in [-0.4, -0.2) is 27.0 Å². The van der Waals surface area contributed by atoms with Gasteiger partial charge in [-0.1, -0.05) is 53.3 Å². The number of fused-ring (bicyclic) bond motifs is 1. The second kappa shape index (κ2) is 9.24. The van der Waals surface area contributed by atoms with Crippen molar-refractivity contribution >= 4 is 50.3 Å². The van der Waals surface area contributed by atoms with Crippen LogP contribution in [0.25, 0.3) is 16.3 Å². The summed E-state index contributed by atoms with van der Waals surface area (Å²) >= 11 is 7.76. The van der Waals surface area contributed by atoms with Gasteiger partial charge in [0.25, 0.3) is 5.91 Å². The summed E-state index contributed by atoms with van der Waals surface area (Å²) < 4.78 is 3.08. The Kier molecular flexibility index (Phi) is 6.26. The second-order valence-electron chi connectivity index (χ2n) is 6.92. The van der Waals surface area contributed by atoms with E-state index in [1.807, 2.05) is 60.2 Å². The second-order valence-corrected chi connectivity index (χ2v) is 8.33. The molecule has 152 valence electrons. The fourth-order valence-electron chi connectivity index (χ4n) is 3.18. The number of para-hydroxylation sites is 1. The number of carbonyl (C=O) groups is 1. The van der Waals surface area contributed by atoms with Crippen molar-refractivity contribution < 1.29 is 4.79 Å². The molecule has 4 rings (SSSR count). The van der Waals surface area contributed by atoms with Gasteiger partial charge >= 0.3 is 0 Å². The highest BCUT2D eigenvalue weighted by Gasteiger charge is 2.18. The summed E-state index contributed by atoms with van der Waals surface area (Å²) in [6, 6.07) is 13.6. The van der Waals surface area contributed by atoms with Crippen LogP contribution in [0.15, 0.2) is 67.3 Å². The highest BCUT2D eigenvalue weighted by Crippen LogP contribution is 2.31. The van der Waals surface area contributed by atoms with Gasteiger partial charge in [-0.2, -0.15) is 0 Å². The normalized spacial score (nSPS) is 11.4. The van der Waals surface area contributed by atoms with Crippen LogP contribution in [0.4, 0.5) is 5.13 Å². The van der Waals surface area contributed by atoms with Gasteiger partial charge in [-0.25, -0.2) is 9.97 Å². The van der Waals surface area contributed by atoms with Gasteiger partial charge in [0.1, 0.15) is 0 Å². The Bertz CT molecular complexity index is 1180. The molecule has 2 aromatic carbocycles. The summed E-state index contributed by atoms with van der Waals surface area (Å²) in [6.45, 7) is 3.37. The van der Waals surface area contributed by atoms with E-state index < -0.39 is 0 Å². The first-order chi connectivity index (χ1) is 14.6. The Balaban J connectivity index is 1.59. The third-order valence-electron chi connectivity index (χ3n) is 4.77. The van der Waals surface area contributed by atoms with Crippen LogP contribution in [0.2, 0.25) is 5.02 Å². The molecular weight excluding hydrogens is 416 g/mol. The minimum atomic E-state index is -0.114. The van der Waals surface area contributed by atoms with Gasteiger partial charge in [0.05, 0.1) is 16.5 Å². The lowest BCUT2D eigenvalue weighted by Gasteiger charge is -2.18. The van der Waals surface area contributed by atoms with Crippen molar-refractivity contribution in [3.63, 3.8) is 0 Å². The molecule has 0 atom stereocenters. The third kappa shape index (κ3) is 4.61. The molecule has 2 heterocycles. The molecule has 4 aromatic rings. The van der Waals surface area contributed by atoms with Crippen molar-refractivity contribution in [1.29, 1.82) is 0 Å². The first-order valence-corrected chi connectivity index (χ1v) is 10.9. The number of imidazole rings is 1. The Labute approximate surface area is 184 Å². The molecule has 0 aliphatic heterocycles. The summed E-state index contributed by atoms with van der Waals surface area (Å²) in [5.74, 6) is -0.114. The molecule has 0 aliphatic carbocycles. The summed E-state index contributed by atoms with van der Waals surface area (Å²) in [6.07, 6.45) is 9.57. The number of halogens is 1. The van der Waals surface area contributed by atoms with Gasteiger partial charge in [0, 0.05) is 36.6 Å². The number of hydrogen-bond acceptors (Lipinski definition) is 4. The highest BCUT2D eigenvalue weighted by atomic mass is 35.5. The molecule has 0 N–H and O–H groups in total. The monoisotopic (exact) mass is 436 g/mol. The number of amides is 1. The van der Waals surface area contributed by atoms with Crippen LogP contribution in [0.1, 0.15) is 17.5 Å². The highest BCUT2D eigenvalue weighted by molar-refractivity contribution is 7.22. The lowest BCUT2D eigenvalue weighted by atomic mass is 10.2. The zero-order valence-corrected chi connectivity index (χ0v) is 18.1. The van der Waals surface area contributed by atoms with E-state index in [1.165, 1.54) is 11.3 Å². The number of anilines is 1. The van der Waals surface area contributed by atoms with Crippen molar-refractivity contribution in [2.75, 3.05) is 11.4 Å². The van der Waals surface area contributed by atoms with E-state index in [1.54, 1.807) is 29.6 Å². The molecule has 2 aromatic heterocycles. The van der Waals surface area contributed by atoms with Crippen molar-refractivity contribution in [2.24, 2.45) is 0 Å². The molecule has 0 spiro atoms. The van der Waals surface area contributed by atoms with E-state index >= 15 is 0 Å². The summed E-state index contributed by atoms with van der Waals surface area (Å²) in [5, 5.41) is 1.32. The minimum absolute atomic E-state index is 0.114. The molecule has 0 unspecified atom stereocenters. The molecule has 0 bridgehead atoms. The Morgan fingerprint density at radius 2 is 2.10 bits per heavy atom. The summed E-state index contributed by atoms with van der Waals surface area (Å²) in [7, 11) is 0. The maximum atomic E-state index is 13.1. The van der Waals surface area contributed by atoms with Crippen molar-refractivity contribution in [3.05, 3.63) is 83.4 Å². The number of carbonyl (C=O) groups excluding carboxylic acids is 1. The Morgan fingerprint density at radius 3 is 2.87 bits per heavy atom. The number of nitrogens with zero attached hydrogens (tertiary/aromatic N) is 4. The number of rotatable bonds is 7. The number of thiazole rings is 1. The van der Waals surface area contributed by atoms with Gasteiger partial charge in [-0.3, -0.25) is 9.69 Å². The molecule has 0 fully saturated rings. The number of benzene rings is 2. The lowest BCUT2D eigenvalue weighted by molar-refractivity contribution is -0.114. The molecule has 0 saturated carbocycles. The summed E-state index contributed by atoms with van der Waals surface area (Å²) in [4.78, 5) is 23.7. The summed E-state index contributed by atoms with van der Waals surface area (Å²) in [5.41, 5.74) is 2.86. The smallest absolute Gasteiger partial charge is 0.252 e. The lowest BCUT2D eigenvalue weighted by Crippen LogP contribution is -2.30. The van der Waals surface area contributed by atoms with E-state index in [0.29, 0.717) is 16.7 Å². The van der Waals surface area contributed by atoms with Gasteiger partial charge in [-0.05, 0) is 42.7 Å². The van der Waals surface area contributed by atoms with Crippen LogP contribution in [-0.2, 0) is 11.3 Å². The van der Waals surface area contributed by atoms with Gasteiger partial charge in [0.2, 0.25) is 0 Å². The molecular formula is C23H21ClN4OS. The van der Waals surface area contributed by atoms with Crippen LogP contribution in [0.3, 0.4) is 0 Å². The third-order valence-corrected chi connectivity index (χ3v) is 6.16. The van der Waals surface area contributed by atoms with E-state index in [4.69, 9.17) is 16.6 Å². The van der Waals surface area contributed by atoms with Crippen molar-refractivity contribution in [2.45, 2.75) is 19.9 Å². The SMILES string of the molecule is Cc1cccc2sc(N(CCCn3ccnc3)C(=O)/C=C/c3ccccc3Cl)nc12. The van der Waals surface area contributed by atoms with Crippen LogP contribution < -0.4 is 4.90 Å². The quantitative estimate of drug-likeness (QED) is 0.355. The zero-order chi connectivity index (χ0) is 20.9. The predicted octanol–water partition coefficient (Wildman–Crippen LogP) is 5.59. The van der Waals surface area contributed by atoms with E-state index in [-0.39, 0.29) is 5.91 Å². The topological polar surface area (TPSA) is 51.0 Å². The number of aryl methyl sites for hydroxylation is 2. The average Bonchev–Trinajstić information content (AvgIpc) is 3.41. The van der Waals surface area contributed by atoms with E-state index in [9.17, 15) is 4.79 Å².